The van der Waals surface area contributed by atoms with Crippen LogP contribution < -0.4 is 0 Å². The maximum absolute atomic E-state index is 10.6. The van der Waals surface area contributed by atoms with E-state index < -0.39 is 30.3 Å². The van der Waals surface area contributed by atoms with Crippen LogP contribution in [0.1, 0.15) is 115 Å². The molecule has 0 bridgehead atoms. The fourth-order valence-corrected chi connectivity index (χ4v) is 6.25. The monoisotopic (exact) mass is 1910 g/mol. The summed E-state index contributed by atoms with van der Waals surface area (Å²) >= 11 is 6.26. The smallest absolute Gasteiger partial charge is 0.310 e. The third kappa shape index (κ3) is 164. The van der Waals surface area contributed by atoms with Crippen LogP contribution >= 0.6 is 31.9 Å². The number of hydrogen-bond acceptors (Lipinski definition) is 32. The molecule has 4 rings (SSSR count). The average Bonchev–Trinajstić information content (AvgIpc) is 1.82. The summed E-state index contributed by atoms with van der Waals surface area (Å²) in [5.41, 5.74) is 0. The second-order valence-corrected chi connectivity index (χ2v) is 26.0. The van der Waals surface area contributed by atoms with Crippen molar-refractivity contribution in [2.24, 2.45) is 0 Å². The molecule has 0 aromatic heterocycles. The van der Waals surface area contributed by atoms with Crippen LogP contribution in [0.15, 0.2) is 127 Å². The Hall–Kier alpha value is -5.01. The van der Waals surface area contributed by atoms with Crippen molar-refractivity contribution in [3.8, 4) is 0 Å². The average molecular weight is 1910 g/mol. The number of alkyl halides is 2. The molecule has 4 fully saturated rings. The second kappa shape index (κ2) is 123. The molecule has 0 spiro atoms. The van der Waals surface area contributed by atoms with E-state index in [2.05, 4.69) is 142 Å². The molecule has 0 aliphatic carbocycles. The number of aliphatic hydroxyl groups excluding tert-OH is 4. The summed E-state index contributed by atoms with van der Waals surface area (Å²) in [6.07, 6.45) is 22.8. The highest BCUT2D eigenvalue weighted by Crippen LogP contribution is 2.12. The summed E-state index contributed by atoms with van der Waals surface area (Å²) in [6, 6.07) is 0. The van der Waals surface area contributed by atoms with E-state index in [0.717, 1.165) is 69.6 Å². The van der Waals surface area contributed by atoms with Crippen LogP contribution in [0.5, 0.6) is 0 Å². The highest BCUT2D eigenvalue weighted by molar-refractivity contribution is 9.09. The Balaban J connectivity index is -0.000000122. The molecule has 12 atom stereocenters. The van der Waals surface area contributed by atoms with Gasteiger partial charge in [-0.15, -0.1) is 65.8 Å². The van der Waals surface area contributed by atoms with Crippen LogP contribution in [-0.4, -0.2) is 356 Å². The quantitative estimate of drug-likeness (QED) is 0.00835. The summed E-state index contributed by atoms with van der Waals surface area (Å²) in [4.78, 5) is 50.8. The predicted octanol–water partition coefficient (Wildman–Crippen LogP) is 11.9. The third-order valence-electron chi connectivity index (χ3n) is 12.8. The van der Waals surface area contributed by atoms with Crippen molar-refractivity contribution in [2.75, 3.05) is 232 Å². The molecule has 32 nitrogen and oxygen atoms in total. The minimum absolute atomic E-state index is 0.00750. The van der Waals surface area contributed by atoms with E-state index >= 15 is 0 Å². The van der Waals surface area contributed by atoms with E-state index in [0.29, 0.717) is 156 Å². The van der Waals surface area contributed by atoms with Crippen LogP contribution in [0.3, 0.4) is 0 Å². The van der Waals surface area contributed by atoms with Crippen molar-refractivity contribution in [3.05, 3.63) is 127 Å². The minimum Gasteiger partial charge on any atom is -0.463 e. The van der Waals surface area contributed by atoms with Gasteiger partial charge < -0.3 is 129 Å². The SMILES string of the molecule is C=CCBr.C=CCBr.C=CCOC(CC)COC.C=CCOC(CC)COC(C)=O.C=CCOCC(COC)OC.C=CCOCC(COC)OC(C)=O.C=CCOCC(O)COC.C=CCOCC(O)COC.C=CCOCC1CO1.C=CCOCC1CO1.CC(=O)OC(C)=O.CCC(O)COC.CCC(O)COC(C)=O.CCC1CO1.CCC1CO1. The maximum atomic E-state index is 10.6. The Morgan fingerprint density at radius 2 is 0.593 bits per heavy atom. The maximum Gasteiger partial charge on any atom is 0.310 e. The van der Waals surface area contributed by atoms with Crippen LogP contribution in [-0.2, 0) is 133 Å². The summed E-state index contributed by atoms with van der Waals surface area (Å²) < 4.78 is 112. The minimum atomic E-state index is -0.562. The van der Waals surface area contributed by atoms with Crippen LogP contribution in [0.4, 0.5) is 0 Å². The van der Waals surface area contributed by atoms with Gasteiger partial charge in [-0.2, -0.15) is 0 Å². The number of allylic oxidation sites excluding steroid dienone is 2. The number of carbonyl (C=O) groups excluding carboxylic acids is 5. The first kappa shape index (κ1) is 141. The van der Waals surface area contributed by atoms with Gasteiger partial charge in [0.05, 0.1) is 195 Å². The van der Waals surface area contributed by atoms with Gasteiger partial charge in [-0.3, -0.25) is 24.0 Å². The first-order valence-corrected chi connectivity index (χ1v) is 42.8. The fraction of sp³-hybridized carbons (Fsp3) is 0.719. The van der Waals surface area contributed by atoms with Crippen molar-refractivity contribution in [2.45, 2.75) is 188 Å². The fourth-order valence-electron chi connectivity index (χ4n) is 6.25. The lowest BCUT2D eigenvalue weighted by atomic mass is 10.3. The number of rotatable bonds is 56. The molecule has 0 radical (unpaired) electrons. The lowest BCUT2D eigenvalue weighted by Gasteiger charge is -2.15. The Labute approximate surface area is 757 Å². The van der Waals surface area contributed by atoms with E-state index in [-0.39, 0.29) is 55.0 Å². The number of ether oxygens (including phenoxy) is 23. The topological polar surface area (TPSA) is 392 Å². The molecule has 34 heteroatoms. The standard InChI is InChI=1S/C9H16O4.C9H16O3.C8H16O3.C8H16O2.2C7H14O3.C6H12O3.2C6H10O2.C5H12O2.C4H6O3.2C4H8O.2C3H5Br/c1-4-5-12-7-9(6-11-3)13-8(2)10;1-4-6-11-9(5-2)7-12-8(3)10;1-4-5-11-7-8(10-3)6-9-2;1-4-6-10-8(5-2)7-9-3;2*1-3-4-10-6-7(8)5-9-2;1-3-6(8)4-9-5(2)7;2*1-2-3-7-4-6-5-8-6;1-3-5(6)4-7-2;1-3(5)7-4(2)6;2*1-2-4-3-5-4;2*1-2-3-4/h4,9H,1,5-7H2,2-3H3;4,9H,1,5-7H2,2-3H3;4,8H,1,5-7H2,2-3H3;4,8H,1,5-7H2,2-3H3;2*3,7-8H,1,4-6H2,2H3;6,8H,3-4H2,1-2H3;2*2,6H,1,3-5H2;5-6H,3-4H2,1-2H3;1-2H3;2*4H,2-3H2,1H3;2*2H,1,3H2. The molecule has 730 valence electrons. The zero-order chi connectivity index (χ0) is 96.2. The summed E-state index contributed by atoms with van der Waals surface area (Å²) in [7, 11) is 11.2. The van der Waals surface area contributed by atoms with Gasteiger partial charge in [0.1, 0.15) is 49.8 Å². The van der Waals surface area contributed by atoms with Gasteiger partial charge in [-0.25, -0.2) is 0 Å². The molecule has 0 saturated carbocycles. The molecule has 0 aromatic rings. The molecule has 4 N–H and O–H groups in total. The largest absolute Gasteiger partial charge is 0.463 e. The van der Waals surface area contributed by atoms with Gasteiger partial charge in [-0.1, -0.05) is 134 Å². The van der Waals surface area contributed by atoms with Crippen molar-refractivity contribution in [1.82, 2.24) is 0 Å². The van der Waals surface area contributed by atoms with Gasteiger partial charge in [0, 0.05) is 95.0 Å². The van der Waals surface area contributed by atoms with Crippen molar-refractivity contribution in [3.63, 3.8) is 0 Å². The Morgan fingerprint density at radius 3 is 0.821 bits per heavy atom. The number of esters is 5. The zero-order valence-corrected chi connectivity index (χ0v) is 81.5. The van der Waals surface area contributed by atoms with Crippen LogP contribution in [0.2, 0.25) is 0 Å². The number of methoxy groups -OCH3 is 7. The van der Waals surface area contributed by atoms with Gasteiger partial charge in [0.25, 0.3) is 0 Å². The van der Waals surface area contributed by atoms with Gasteiger partial charge in [-0.05, 0) is 38.5 Å². The number of hydrogen-bond donors (Lipinski definition) is 4. The molecule has 12 unspecified atom stereocenters. The molecule has 0 amide bonds. The lowest BCUT2D eigenvalue weighted by molar-refractivity contribution is -0.156. The molecule has 4 heterocycles. The second-order valence-electron chi connectivity index (χ2n) is 24.7. The highest BCUT2D eigenvalue weighted by Gasteiger charge is 2.23. The molecular weight excluding hydrogens is 1740 g/mol. The van der Waals surface area contributed by atoms with E-state index in [1.807, 2.05) is 20.8 Å². The van der Waals surface area contributed by atoms with Gasteiger partial charge in [0.2, 0.25) is 0 Å². The molecule has 4 saturated heterocycles. The highest BCUT2D eigenvalue weighted by atomic mass is 79.9. The summed E-state index contributed by atoms with van der Waals surface area (Å²) in [6.45, 7) is 67.6. The van der Waals surface area contributed by atoms with Crippen molar-refractivity contribution in [1.29, 1.82) is 0 Å². The molecule has 4 aliphatic heterocycles. The third-order valence-corrected chi connectivity index (χ3v) is 13.7. The van der Waals surface area contributed by atoms with Gasteiger partial charge in [0.15, 0.2) is 0 Å². The number of carbonyl (C=O) groups is 5. The lowest BCUT2D eigenvalue weighted by Crippen LogP contribution is -2.27. The molecule has 123 heavy (non-hydrogen) atoms. The zero-order valence-electron chi connectivity index (χ0n) is 78.3. The van der Waals surface area contributed by atoms with E-state index in [1.165, 1.54) is 61.7 Å². The Morgan fingerprint density at radius 1 is 0.325 bits per heavy atom. The van der Waals surface area contributed by atoms with Crippen LogP contribution in [0.25, 0.3) is 0 Å². The predicted molar refractivity (Wildman–Crippen MR) is 492 cm³/mol. The number of aliphatic hydroxyl groups is 4. The summed E-state index contributed by atoms with van der Waals surface area (Å²) in [5.74, 6) is -2.07. The summed E-state index contributed by atoms with van der Waals surface area (Å²) in [5, 5.41) is 37.3. The molecule has 0 aromatic carbocycles. The molecular formula is C89H168Br2O32. The number of halogens is 2. The normalized spacial score (nSPS) is 15.4. The van der Waals surface area contributed by atoms with E-state index in [4.69, 9.17) is 106 Å². The number of epoxide rings is 4. The molecule has 4 aliphatic rings. The Bertz CT molecular complexity index is 2200. The van der Waals surface area contributed by atoms with E-state index in [1.54, 1.807) is 96.3 Å². The van der Waals surface area contributed by atoms with Crippen molar-refractivity contribution >= 4 is 61.7 Å². The first-order valence-electron chi connectivity index (χ1n) is 40.6. The van der Waals surface area contributed by atoms with E-state index in [9.17, 15) is 24.0 Å². The van der Waals surface area contributed by atoms with Crippen LogP contribution in [0, 0.1) is 0 Å². The first-order chi connectivity index (χ1) is 58.9. The van der Waals surface area contributed by atoms with Gasteiger partial charge >= 0.3 is 29.8 Å². The van der Waals surface area contributed by atoms with Crippen molar-refractivity contribution < 1.29 is 153 Å². The Kier molecular flexibility index (Phi) is 141.